The zero-order valence-corrected chi connectivity index (χ0v) is 16.3. The van der Waals surface area contributed by atoms with Crippen LogP contribution in [0.25, 0.3) is 0 Å². The Morgan fingerprint density at radius 2 is 2.12 bits per heavy atom. The van der Waals surface area contributed by atoms with Crippen molar-refractivity contribution in [3.05, 3.63) is 55.3 Å². The van der Waals surface area contributed by atoms with E-state index in [1.165, 1.54) is 36.9 Å². The van der Waals surface area contributed by atoms with Crippen LogP contribution in [0.15, 0.2) is 29.2 Å². The molecule has 1 aromatic heterocycles. The molecule has 26 heavy (non-hydrogen) atoms. The first kappa shape index (κ1) is 22.0. The fraction of sp³-hybridized carbons (Fsp3) is 0.250. The largest absolute Gasteiger partial charge is 0.478 e. The minimum Gasteiger partial charge on any atom is -0.478 e. The minimum absolute atomic E-state index is 0.00347. The molecule has 2 rings (SSSR count). The van der Waals surface area contributed by atoms with Crippen LogP contribution in [0.1, 0.15) is 15.9 Å². The number of aromatic carboxylic acids is 1. The van der Waals surface area contributed by atoms with Gasteiger partial charge < -0.3 is 24.9 Å². The molecule has 1 heterocycles. The first-order valence-electron chi connectivity index (χ1n) is 7.31. The van der Waals surface area contributed by atoms with Crippen molar-refractivity contribution in [3.63, 3.8) is 0 Å². The number of carbonyl (C=O) groups is 1. The molecule has 0 aliphatic heterocycles. The second kappa shape index (κ2) is 10.2. The maximum absolute atomic E-state index is 13.9. The van der Waals surface area contributed by atoms with E-state index in [0.29, 0.717) is 0 Å². The highest BCUT2D eigenvalue weighted by atomic mass is 127. The number of hydrogen-bond acceptors (Lipinski definition) is 6. The van der Waals surface area contributed by atoms with E-state index in [-0.39, 0.29) is 41.3 Å². The van der Waals surface area contributed by atoms with Crippen LogP contribution in [0, 0.1) is 16.3 Å². The Kier molecular flexibility index (Phi) is 8.65. The van der Waals surface area contributed by atoms with Gasteiger partial charge in [0, 0.05) is 22.4 Å². The van der Waals surface area contributed by atoms with Gasteiger partial charge in [-0.3, -0.25) is 4.79 Å². The number of benzene rings is 1. The Labute approximate surface area is 162 Å². The van der Waals surface area contributed by atoms with Crippen LogP contribution < -0.4 is 16.8 Å². The quantitative estimate of drug-likeness (QED) is 0.380. The maximum atomic E-state index is 13.9. The van der Waals surface area contributed by atoms with Gasteiger partial charge in [-0.2, -0.15) is 0 Å². The Balaban J connectivity index is 0.000000597. The number of hydrogen-bond donors (Lipinski definition) is 4. The lowest BCUT2D eigenvalue weighted by Gasteiger charge is -2.14. The third kappa shape index (κ3) is 5.76. The molecule has 0 saturated heterocycles. The second-order valence-electron chi connectivity index (χ2n) is 5.11. The normalized spacial score (nSPS) is 10.1. The van der Waals surface area contributed by atoms with E-state index in [0.717, 1.165) is 3.57 Å². The summed E-state index contributed by atoms with van der Waals surface area (Å²) in [5, 5.41) is 19.8. The molecule has 0 bridgehead atoms. The van der Waals surface area contributed by atoms with Crippen molar-refractivity contribution >= 4 is 39.9 Å². The molecule has 5 N–H and O–H groups in total. The van der Waals surface area contributed by atoms with Crippen molar-refractivity contribution in [2.24, 2.45) is 12.9 Å². The van der Waals surface area contributed by atoms with E-state index >= 15 is 0 Å². The van der Waals surface area contributed by atoms with E-state index in [9.17, 15) is 19.1 Å². The van der Waals surface area contributed by atoms with Gasteiger partial charge >= 0.3 is 5.97 Å². The molecule has 0 atom stereocenters. The highest BCUT2D eigenvalue weighted by Gasteiger charge is 2.17. The predicted octanol–water partition coefficient (Wildman–Crippen LogP) is 1.75. The van der Waals surface area contributed by atoms with Gasteiger partial charge in [-0.05, 0) is 47.7 Å². The fourth-order valence-corrected chi connectivity index (χ4v) is 2.44. The van der Waals surface area contributed by atoms with Crippen LogP contribution in [-0.2, 0) is 11.9 Å². The maximum Gasteiger partial charge on any atom is 0.339 e. The third-order valence-corrected chi connectivity index (χ3v) is 3.91. The van der Waals surface area contributed by atoms with E-state index in [1.807, 2.05) is 22.6 Å². The lowest BCUT2D eigenvalue weighted by Crippen LogP contribution is -2.23. The van der Waals surface area contributed by atoms with Crippen LogP contribution in [0.3, 0.4) is 0 Å². The summed E-state index contributed by atoms with van der Waals surface area (Å²) < 4.78 is 15.8. The van der Waals surface area contributed by atoms with E-state index in [2.05, 4.69) is 16.1 Å². The van der Waals surface area contributed by atoms with Crippen LogP contribution in [0.2, 0.25) is 0 Å². The van der Waals surface area contributed by atoms with Crippen LogP contribution in [0.5, 0.6) is 0 Å². The number of nitrogens with zero attached hydrogens (tertiary/aromatic N) is 1. The number of aliphatic hydroxyl groups is 1. The number of carboxylic acids is 1. The molecule has 0 spiro atoms. The lowest BCUT2D eigenvalue weighted by atomic mass is 10.1. The minimum atomic E-state index is -1.19. The average Bonchev–Trinajstić information content (AvgIpc) is 2.58. The van der Waals surface area contributed by atoms with Gasteiger partial charge in [0.15, 0.2) is 0 Å². The highest BCUT2D eigenvalue weighted by Crippen LogP contribution is 2.25. The predicted molar refractivity (Wildman–Crippen MR) is 103 cm³/mol. The Bertz CT molecular complexity index is 839. The molecule has 1 aromatic carbocycles. The summed E-state index contributed by atoms with van der Waals surface area (Å²) in [6, 6.07) is 4.50. The smallest absolute Gasteiger partial charge is 0.339 e. The van der Waals surface area contributed by atoms with Crippen molar-refractivity contribution in [2.75, 3.05) is 18.5 Å². The van der Waals surface area contributed by atoms with Crippen molar-refractivity contribution in [1.82, 2.24) is 4.57 Å². The SMILES string of the molecule is Cc1c(Nc2ccc(I)cc2F)c(C(=O)O)cn(C)c1=O.NOCCO. The van der Waals surface area contributed by atoms with E-state index < -0.39 is 11.8 Å². The first-order chi connectivity index (χ1) is 12.2. The van der Waals surface area contributed by atoms with Gasteiger partial charge in [-0.25, -0.2) is 15.1 Å². The number of carboxylic acid groups (broad SMARTS) is 1. The van der Waals surface area contributed by atoms with Crippen molar-refractivity contribution in [2.45, 2.75) is 6.92 Å². The van der Waals surface area contributed by atoms with Crippen molar-refractivity contribution in [1.29, 1.82) is 0 Å². The van der Waals surface area contributed by atoms with Crippen LogP contribution in [-0.4, -0.2) is 34.0 Å². The Hall–Kier alpha value is -2.02. The third-order valence-electron chi connectivity index (χ3n) is 3.24. The zero-order valence-electron chi connectivity index (χ0n) is 14.1. The van der Waals surface area contributed by atoms with E-state index in [4.69, 9.17) is 5.11 Å². The fourth-order valence-electron chi connectivity index (χ4n) is 1.99. The lowest BCUT2D eigenvalue weighted by molar-refractivity contribution is 0.0697. The number of pyridine rings is 1. The second-order valence-corrected chi connectivity index (χ2v) is 6.35. The summed E-state index contributed by atoms with van der Waals surface area (Å²) in [4.78, 5) is 27.2. The summed E-state index contributed by atoms with van der Waals surface area (Å²) in [7, 11) is 1.47. The summed E-state index contributed by atoms with van der Waals surface area (Å²) in [6.45, 7) is 1.72. The topological polar surface area (TPSA) is 127 Å². The molecule has 8 nitrogen and oxygen atoms in total. The van der Waals surface area contributed by atoms with Crippen molar-refractivity contribution in [3.8, 4) is 0 Å². The molecule has 2 aromatic rings. The number of nitrogens with one attached hydrogen (secondary N) is 1. The number of aromatic nitrogens is 1. The van der Waals surface area contributed by atoms with E-state index in [1.54, 1.807) is 6.07 Å². The van der Waals surface area contributed by atoms with Gasteiger partial charge in [-0.1, -0.05) is 0 Å². The molecular formula is C16H19FIN3O5. The van der Waals surface area contributed by atoms with Crippen molar-refractivity contribution < 1.29 is 24.2 Å². The Morgan fingerprint density at radius 1 is 1.46 bits per heavy atom. The molecule has 0 aliphatic rings. The molecule has 142 valence electrons. The first-order valence-corrected chi connectivity index (χ1v) is 8.38. The average molecular weight is 479 g/mol. The molecule has 0 unspecified atom stereocenters. The number of anilines is 2. The molecule has 10 heteroatoms. The monoisotopic (exact) mass is 479 g/mol. The van der Waals surface area contributed by atoms with Gasteiger partial charge in [0.1, 0.15) is 5.82 Å². The summed E-state index contributed by atoms with van der Waals surface area (Å²) in [5.41, 5.74) is 0.0105. The van der Waals surface area contributed by atoms with Gasteiger partial charge in [0.05, 0.1) is 30.2 Å². The number of aryl methyl sites for hydroxylation is 1. The molecule has 0 radical (unpaired) electrons. The number of rotatable bonds is 5. The number of halogens is 2. The van der Waals surface area contributed by atoms with Crippen LogP contribution >= 0.6 is 22.6 Å². The Morgan fingerprint density at radius 3 is 2.58 bits per heavy atom. The van der Waals surface area contributed by atoms with Crippen LogP contribution in [0.4, 0.5) is 15.8 Å². The standard InChI is InChI=1S/C14H12FIN2O3.C2H7NO2/c1-7-12(9(14(20)21)6-18(2)13(7)19)17-11-4-3-8(16)5-10(11)15;3-5-2-1-4/h3-6,17H,1-2H3,(H,20,21);4H,1-3H2. The number of aliphatic hydroxyl groups excluding tert-OH is 1. The molecular weight excluding hydrogens is 460 g/mol. The zero-order chi connectivity index (χ0) is 19.9. The van der Waals surface area contributed by atoms with Gasteiger partial charge in [-0.15, -0.1) is 0 Å². The van der Waals surface area contributed by atoms with Gasteiger partial charge in [0.2, 0.25) is 0 Å². The summed E-state index contributed by atoms with van der Waals surface area (Å²) >= 11 is 1.97. The number of nitrogens with two attached hydrogens (primary N) is 1. The summed E-state index contributed by atoms with van der Waals surface area (Å²) in [6.07, 6.45) is 1.21. The van der Waals surface area contributed by atoms with Gasteiger partial charge in [0.25, 0.3) is 5.56 Å². The summed E-state index contributed by atoms with van der Waals surface area (Å²) in [5.74, 6) is 2.77. The molecule has 0 fully saturated rings. The molecule has 0 aliphatic carbocycles. The highest BCUT2D eigenvalue weighted by molar-refractivity contribution is 14.1. The molecule has 0 saturated carbocycles. The molecule has 0 amide bonds.